The second-order valence-electron chi connectivity index (χ2n) is 6.45. The van der Waals surface area contributed by atoms with Gasteiger partial charge in [0, 0.05) is 18.3 Å². The standard InChI is InChI=1S/C18H11F6N5O/c19-17(20,21)10-5-9(6-11(7-10)18(22,23)24)15-25-2-1-12(27-15)13-8-14-16(30)26-3-4-29(14)28-13/h1-2,5-8H,3-4H2,(H,26,30). The maximum Gasteiger partial charge on any atom is 0.416 e. The van der Waals surface area contributed by atoms with Gasteiger partial charge in [-0.1, -0.05) is 0 Å². The molecule has 0 atom stereocenters. The van der Waals surface area contributed by atoms with Crippen LogP contribution in [0.3, 0.4) is 0 Å². The molecule has 0 aliphatic carbocycles. The lowest BCUT2D eigenvalue weighted by Crippen LogP contribution is -2.35. The Labute approximate surface area is 164 Å². The first-order chi connectivity index (χ1) is 14.0. The van der Waals surface area contributed by atoms with Crippen molar-refractivity contribution in [3.63, 3.8) is 0 Å². The Morgan fingerprint density at radius 3 is 2.20 bits per heavy atom. The van der Waals surface area contributed by atoms with Gasteiger partial charge in [0.1, 0.15) is 11.4 Å². The Morgan fingerprint density at radius 1 is 0.933 bits per heavy atom. The van der Waals surface area contributed by atoms with Crippen molar-refractivity contribution in [1.29, 1.82) is 0 Å². The van der Waals surface area contributed by atoms with Gasteiger partial charge >= 0.3 is 12.4 Å². The van der Waals surface area contributed by atoms with Crippen LogP contribution in [0.4, 0.5) is 26.3 Å². The van der Waals surface area contributed by atoms with E-state index in [-0.39, 0.29) is 34.9 Å². The van der Waals surface area contributed by atoms with Crippen molar-refractivity contribution in [2.24, 2.45) is 0 Å². The summed E-state index contributed by atoms with van der Waals surface area (Å²) in [6.07, 6.45) is -8.77. The van der Waals surface area contributed by atoms with Crippen LogP contribution in [-0.4, -0.2) is 32.2 Å². The minimum atomic E-state index is -4.98. The van der Waals surface area contributed by atoms with E-state index in [0.29, 0.717) is 25.2 Å². The van der Waals surface area contributed by atoms with Crippen molar-refractivity contribution in [2.75, 3.05) is 6.54 Å². The summed E-state index contributed by atoms with van der Waals surface area (Å²) in [5.41, 5.74) is -2.70. The lowest BCUT2D eigenvalue weighted by atomic mass is 10.0. The number of halogens is 6. The van der Waals surface area contributed by atoms with Gasteiger partial charge in [-0.3, -0.25) is 9.48 Å². The summed E-state index contributed by atoms with van der Waals surface area (Å²) in [5.74, 6) is -0.679. The van der Waals surface area contributed by atoms with E-state index in [0.717, 1.165) is 0 Å². The minimum Gasteiger partial charge on any atom is -0.349 e. The molecule has 0 unspecified atom stereocenters. The van der Waals surface area contributed by atoms with E-state index in [1.54, 1.807) is 0 Å². The quantitative estimate of drug-likeness (QED) is 0.632. The summed E-state index contributed by atoms with van der Waals surface area (Å²) in [6, 6.07) is 3.98. The highest BCUT2D eigenvalue weighted by atomic mass is 19.4. The molecule has 0 bridgehead atoms. The molecule has 1 aliphatic heterocycles. The summed E-state index contributed by atoms with van der Waals surface area (Å²) in [7, 11) is 0. The van der Waals surface area contributed by atoms with Crippen LogP contribution in [0.15, 0.2) is 36.5 Å². The van der Waals surface area contributed by atoms with Crippen LogP contribution in [-0.2, 0) is 18.9 Å². The molecule has 6 nitrogen and oxygen atoms in total. The Bertz CT molecular complexity index is 1100. The second-order valence-corrected chi connectivity index (χ2v) is 6.45. The Balaban J connectivity index is 1.80. The van der Waals surface area contributed by atoms with E-state index < -0.39 is 29.0 Å². The second kappa shape index (κ2) is 6.82. The number of benzene rings is 1. The molecule has 30 heavy (non-hydrogen) atoms. The van der Waals surface area contributed by atoms with Crippen LogP contribution in [0, 0.1) is 0 Å². The highest BCUT2D eigenvalue weighted by Gasteiger charge is 2.37. The number of aromatic nitrogens is 4. The summed E-state index contributed by atoms with van der Waals surface area (Å²) < 4.78 is 80.1. The van der Waals surface area contributed by atoms with Gasteiger partial charge in [0.2, 0.25) is 0 Å². The van der Waals surface area contributed by atoms with E-state index in [9.17, 15) is 31.1 Å². The highest BCUT2D eigenvalue weighted by molar-refractivity contribution is 5.94. The van der Waals surface area contributed by atoms with Crippen molar-refractivity contribution >= 4 is 5.91 Å². The molecule has 0 saturated heterocycles. The topological polar surface area (TPSA) is 72.7 Å². The number of nitrogens with zero attached hydrogens (tertiary/aromatic N) is 4. The monoisotopic (exact) mass is 427 g/mol. The molecule has 156 valence electrons. The van der Waals surface area contributed by atoms with E-state index in [1.165, 1.54) is 23.0 Å². The molecule has 3 heterocycles. The first-order valence-electron chi connectivity index (χ1n) is 8.52. The fourth-order valence-electron chi connectivity index (χ4n) is 2.99. The molecule has 1 amide bonds. The van der Waals surface area contributed by atoms with Crippen molar-refractivity contribution in [1.82, 2.24) is 25.1 Å². The molecule has 0 radical (unpaired) electrons. The Hall–Kier alpha value is -3.44. The maximum atomic E-state index is 13.1. The van der Waals surface area contributed by atoms with Gasteiger partial charge in [-0.15, -0.1) is 0 Å². The van der Waals surface area contributed by atoms with Gasteiger partial charge in [-0.2, -0.15) is 31.4 Å². The maximum absolute atomic E-state index is 13.1. The number of alkyl halides is 6. The van der Waals surface area contributed by atoms with Gasteiger partial charge in [-0.25, -0.2) is 9.97 Å². The first-order valence-corrected chi connectivity index (χ1v) is 8.52. The lowest BCUT2D eigenvalue weighted by molar-refractivity contribution is -0.143. The summed E-state index contributed by atoms with van der Waals surface area (Å²) in [5, 5.41) is 6.86. The number of carbonyl (C=O) groups is 1. The number of amides is 1. The van der Waals surface area contributed by atoms with Crippen molar-refractivity contribution in [3.8, 4) is 22.8 Å². The van der Waals surface area contributed by atoms with Crippen LogP contribution in [0.1, 0.15) is 21.6 Å². The zero-order valence-corrected chi connectivity index (χ0v) is 14.8. The van der Waals surface area contributed by atoms with Gasteiger partial charge in [-0.05, 0) is 30.3 Å². The lowest BCUT2D eigenvalue weighted by Gasteiger charge is -2.14. The van der Waals surface area contributed by atoms with E-state index in [4.69, 9.17) is 0 Å². The molecule has 0 spiro atoms. The Morgan fingerprint density at radius 2 is 1.60 bits per heavy atom. The average Bonchev–Trinajstić information content (AvgIpc) is 3.12. The average molecular weight is 427 g/mol. The van der Waals surface area contributed by atoms with Crippen molar-refractivity contribution in [3.05, 3.63) is 53.3 Å². The highest BCUT2D eigenvalue weighted by Crippen LogP contribution is 2.38. The first kappa shape index (κ1) is 19.9. The zero-order valence-electron chi connectivity index (χ0n) is 14.8. The molecule has 1 aliphatic rings. The van der Waals surface area contributed by atoms with Crippen molar-refractivity contribution in [2.45, 2.75) is 18.9 Å². The SMILES string of the molecule is O=C1NCCn2nc(-c3ccnc(-c4cc(C(F)(F)F)cc(C(F)(F)F)c4)n3)cc21. The van der Waals surface area contributed by atoms with Crippen LogP contribution >= 0.6 is 0 Å². The molecule has 1 aromatic carbocycles. The van der Waals surface area contributed by atoms with Gasteiger partial charge < -0.3 is 5.32 Å². The summed E-state index contributed by atoms with van der Waals surface area (Å²) >= 11 is 0. The number of carbonyl (C=O) groups excluding carboxylic acids is 1. The minimum absolute atomic E-state index is 0.0371. The zero-order chi connectivity index (χ0) is 21.7. The third-order valence-corrected chi connectivity index (χ3v) is 4.39. The molecular formula is C18H11F6N5O. The number of hydrogen-bond acceptors (Lipinski definition) is 4. The van der Waals surface area contributed by atoms with E-state index in [2.05, 4.69) is 20.4 Å². The number of fused-ring (bicyclic) bond motifs is 1. The normalized spacial score (nSPS) is 14.4. The smallest absolute Gasteiger partial charge is 0.349 e. The molecule has 12 heteroatoms. The Kier molecular flexibility index (Phi) is 4.51. The summed E-state index contributed by atoms with van der Waals surface area (Å²) in [6.45, 7) is 0.800. The molecule has 3 aromatic rings. The molecular weight excluding hydrogens is 416 g/mol. The fourth-order valence-corrected chi connectivity index (χ4v) is 2.99. The van der Waals surface area contributed by atoms with Crippen molar-refractivity contribution < 1.29 is 31.1 Å². The predicted octanol–water partition coefficient (Wildman–Crippen LogP) is 3.79. The van der Waals surface area contributed by atoms with Crippen LogP contribution in [0.25, 0.3) is 22.8 Å². The summed E-state index contributed by atoms with van der Waals surface area (Å²) in [4.78, 5) is 19.8. The van der Waals surface area contributed by atoms with E-state index >= 15 is 0 Å². The van der Waals surface area contributed by atoms with Crippen LogP contribution in [0.5, 0.6) is 0 Å². The molecule has 2 aromatic heterocycles. The van der Waals surface area contributed by atoms with Gasteiger partial charge in [0.25, 0.3) is 5.91 Å². The molecule has 0 saturated carbocycles. The molecule has 1 N–H and O–H groups in total. The molecule has 0 fully saturated rings. The number of rotatable bonds is 2. The fraction of sp³-hybridized carbons (Fsp3) is 0.222. The van der Waals surface area contributed by atoms with E-state index in [1.807, 2.05) is 0 Å². The third-order valence-electron chi connectivity index (χ3n) is 4.39. The van der Waals surface area contributed by atoms with Gasteiger partial charge in [0.05, 0.1) is 23.4 Å². The number of hydrogen-bond donors (Lipinski definition) is 1. The van der Waals surface area contributed by atoms with Gasteiger partial charge in [0.15, 0.2) is 5.82 Å². The van der Waals surface area contributed by atoms with Crippen LogP contribution in [0.2, 0.25) is 0 Å². The number of nitrogens with one attached hydrogen (secondary N) is 1. The third kappa shape index (κ3) is 3.72. The predicted molar refractivity (Wildman–Crippen MR) is 91.0 cm³/mol. The molecule has 4 rings (SSSR count). The largest absolute Gasteiger partial charge is 0.416 e. The van der Waals surface area contributed by atoms with Crippen LogP contribution < -0.4 is 5.32 Å².